The molecule has 2 unspecified atom stereocenters. The summed E-state index contributed by atoms with van der Waals surface area (Å²) < 4.78 is 14.1. The van der Waals surface area contributed by atoms with Crippen LogP contribution < -0.4 is 0 Å². The summed E-state index contributed by atoms with van der Waals surface area (Å²) in [6.45, 7) is 5.49. The van der Waals surface area contributed by atoms with E-state index in [1.165, 1.54) is 21.6 Å². The maximum absolute atomic E-state index is 14.1. The number of halogens is 1. The summed E-state index contributed by atoms with van der Waals surface area (Å²) in [6, 6.07) is -0.619. The predicted octanol–water partition coefficient (Wildman–Crippen LogP) is 1.35. The first-order valence-electron chi connectivity index (χ1n) is 7.62. The minimum Gasteiger partial charge on any atom is -0.479 e. The Kier molecular flexibility index (Phi) is 4.94. The number of likely N-dealkylation sites (tertiary alicyclic amines) is 1. The van der Waals surface area contributed by atoms with Gasteiger partial charge in [0.1, 0.15) is 6.04 Å². The summed E-state index contributed by atoms with van der Waals surface area (Å²) in [4.78, 5) is 38.7. The number of hydrogen-bond acceptors (Lipinski definition) is 4. The van der Waals surface area contributed by atoms with Gasteiger partial charge in [-0.3, -0.25) is 9.59 Å². The van der Waals surface area contributed by atoms with Crippen molar-refractivity contribution in [2.75, 3.05) is 24.7 Å². The van der Waals surface area contributed by atoms with Crippen LogP contribution >= 0.6 is 11.8 Å². The second-order valence-corrected chi connectivity index (χ2v) is 8.40. The van der Waals surface area contributed by atoms with Crippen molar-refractivity contribution in [3.8, 4) is 0 Å². The molecule has 0 aromatic rings. The lowest BCUT2D eigenvalue weighted by atomic mass is 9.91. The van der Waals surface area contributed by atoms with Crippen LogP contribution in [0.5, 0.6) is 0 Å². The lowest BCUT2D eigenvalue weighted by Gasteiger charge is -2.29. The van der Waals surface area contributed by atoms with Gasteiger partial charge in [-0.15, -0.1) is 11.8 Å². The van der Waals surface area contributed by atoms with Crippen molar-refractivity contribution in [2.45, 2.75) is 45.3 Å². The molecule has 2 saturated heterocycles. The number of aliphatic carboxylic acids is 1. The van der Waals surface area contributed by atoms with E-state index in [0.29, 0.717) is 18.1 Å². The third-order valence-corrected chi connectivity index (χ3v) is 5.10. The predicted molar refractivity (Wildman–Crippen MR) is 84.7 cm³/mol. The topological polar surface area (TPSA) is 77.9 Å². The van der Waals surface area contributed by atoms with Crippen LogP contribution in [0.15, 0.2) is 0 Å². The van der Waals surface area contributed by atoms with Gasteiger partial charge in [-0.1, -0.05) is 20.8 Å². The fraction of sp³-hybridized carbons (Fsp3) is 0.800. The zero-order valence-corrected chi connectivity index (χ0v) is 14.5. The van der Waals surface area contributed by atoms with Crippen molar-refractivity contribution < 1.29 is 23.9 Å². The normalized spacial score (nSPS) is 28.3. The highest BCUT2D eigenvalue weighted by Crippen LogP contribution is 2.31. The summed E-state index contributed by atoms with van der Waals surface area (Å²) in [7, 11) is 0. The maximum Gasteiger partial charge on any atom is 0.343 e. The number of hydrogen-bond donors (Lipinski definition) is 1. The number of amides is 2. The molecule has 0 aromatic carbocycles. The highest BCUT2D eigenvalue weighted by atomic mass is 32.2. The molecular formula is C15H23FN2O4S. The fourth-order valence-electron chi connectivity index (χ4n) is 2.79. The van der Waals surface area contributed by atoms with Crippen LogP contribution in [0.4, 0.5) is 4.39 Å². The Morgan fingerprint density at radius 1 is 1.35 bits per heavy atom. The molecule has 2 atom stereocenters. The Bertz CT molecular complexity index is 522. The summed E-state index contributed by atoms with van der Waals surface area (Å²) in [5.74, 6) is -1.06. The van der Waals surface area contributed by atoms with Gasteiger partial charge >= 0.3 is 5.97 Å². The van der Waals surface area contributed by atoms with Gasteiger partial charge in [-0.25, -0.2) is 9.18 Å². The minimum absolute atomic E-state index is 0.0735. The molecule has 0 radical (unpaired) electrons. The molecule has 6 nitrogen and oxygen atoms in total. The summed E-state index contributed by atoms with van der Waals surface area (Å²) in [5, 5.41) is 8.92. The molecule has 0 aliphatic carbocycles. The smallest absolute Gasteiger partial charge is 0.343 e. The molecule has 2 rings (SSSR count). The molecule has 23 heavy (non-hydrogen) atoms. The molecule has 8 heteroatoms. The maximum atomic E-state index is 14.1. The van der Waals surface area contributed by atoms with Gasteiger partial charge in [0.2, 0.25) is 17.5 Å². The van der Waals surface area contributed by atoms with E-state index in [2.05, 4.69) is 0 Å². The van der Waals surface area contributed by atoms with Crippen LogP contribution in [0.2, 0.25) is 0 Å². The van der Waals surface area contributed by atoms with E-state index in [-0.39, 0.29) is 30.2 Å². The number of carboxylic acid groups (broad SMARTS) is 1. The van der Waals surface area contributed by atoms with Crippen LogP contribution in [0.3, 0.4) is 0 Å². The van der Waals surface area contributed by atoms with Gasteiger partial charge < -0.3 is 14.9 Å². The number of carboxylic acids is 1. The Labute approximate surface area is 139 Å². The van der Waals surface area contributed by atoms with E-state index in [0.717, 1.165) is 0 Å². The molecule has 0 bridgehead atoms. The van der Waals surface area contributed by atoms with Crippen molar-refractivity contribution in [2.24, 2.45) is 5.41 Å². The van der Waals surface area contributed by atoms with Crippen molar-refractivity contribution in [1.29, 1.82) is 0 Å². The number of rotatable bonds is 3. The van der Waals surface area contributed by atoms with Gasteiger partial charge in [0, 0.05) is 25.1 Å². The summed E-state index contributed by atoms with van der Waals surface area (Å²) in [6.07, 6.45) is 0.128. The lowest BCUT2D eigenvalue weighted by Crippen LogP contribution is -2.50. The molecule has 130 valence electrons. The van der Waals surface area contributed by atoms with E-state index in [4.69, 9.17) is 5.11 Å². The van der Waals surface area contributed by atoms with E-state index >= 15 is 0 Å². The first-order chi connectivity index (χ1) is 10.5. The Morgan fingerprint density at radius 2 is 2.00 bits per heavy atom. The van der Waals surface area contributed by atoms with Crippen LogP contribution in [0.25, 0.3) is 0 Å². The molecule has 0 spiro atoms. The molecular weight excluding hydrogens is 323 g/mol. The van der Waals surface area contributed by atoms with Crippen LogP contribution in [0.1, 0.15) is 33.6 Å². The zero-order valence-electron chi connectivity index (χ0n) is 13.7. The Morgan fingerprint density at radius 3 is 2.52 bits per heavy atom. The average Bonchev–Trinajstić information content (AvgIpc) is 3.03. The zero-order chi connectivity index (χ0) is 17.4. The highest BCUT2D eigenvalue weighted by molar-refractivity contribution is 7.99. The number of alkyl halides is 1. The van der Waals surface area contributed by atoms with Crippen LogP contribution in [-0.4, -0.2) is 69.1 Å². The van der Waals surface area contributed by atoms with Crippen LogP contribution in [-0.2, 0) is 14.4 Å². The SMILES string of the molecule is CC(C)(C)CC(=O)N1CSCC1C(=O)N1CCC(F)(C(=O)O)C1. The molecule has 2 aliphatic heterocycles. The van der Waals surface area contributed by atoms with E-state index < -0.39 is 24.2 Å². The first kappa shape index (κ1) is 18.0. The largest absolute Gasteiger partial charge is 0.479 e. The molecule has 1 N–H and O–H groups in total. The Hall–Kier alpha value is -1.31. The van der Waals surface area contributed by atoms with Crippen molar-refractivity contribution in [1.82, 2.24) is 9.80 Å². The molecule has 2 amide bonds. The van der Waals surface area contributed by atoms with Gasteiger partial charge in [0.15, 0.2) is 0 Å². The third kappa shape index (κ3) is 3.97. The van der Waals surface area contributed by atoms with Gasteiger partial charge in [0.05, 0.1) is 12.4 Å². The third-order valence-electron chi connectivity index (χ3n) is 4.08. The molecule has 2 fully saturated rings. The van der Waals surface area contributed by atoms with Crippen molar-refractivity contribution in [3.05, 3.63) is 0 Å². The number of carbonyl (C=O) groups excluding carboxylic acids is 2. The number of thioether (sulfide) groups is 1. The summed E-state index contributed by atoms with van der Waals surface area (Å²) >= 11 is 1.49. The Balaban J connectivity index is 2.04. The molecule has 2 heterocycles. The van der Waals surface area contributed by atoms with E-state index in [1.54, 1.807) is 0 Å². The van der Waals surface area contributed by atoms with Crippen molar-refractivity contribution >= 4 is 29.5 Å². The second-order valence-electron chi connectivity index (χ2n) is 7.40. The summed E-state index contributed by atoms with van der Waals surface area (Å²) in [5.41, 5.74) is -2.55. The quantitative estimate of drug-likeness (QED) is 0.835. The first-order valence-corrected chi connectivity index (χ1v) is 8.77. The average molecular weight is 346 g/mol. The minimum atomic E-state index is -2.37. The second kappa shape index (κ2) is 6.30. The number of nitrogens with zero attached hydrogens (tertiary/aromatic N) is 2. The van der Waals surface area contributed by atoms with Crippen molar-refractivity contribution in [3.63, 3.8) is 0 Å². The van der Waals surface area contributed by atoms with Gasteiger partial charge in [-0.05, 0) is 5.41 Å². The molecule has 0 saturated carbocycles. The standard InChI is InChI=1S/C15H23FN2O4S/c1-14(2,3)6-11(19)18-9-23-7-10(18)12(20)17-5-4-15(16,8-17)13(21)22/h10H,4-9H2,1-3H3,(H,21,22). The van der Waals surface area contributed by atoms with Crippen LogP contribution in [0, 0.1) is 5.41 Å². The van der Waals surface area contributed by atoms with Gasteiger partial charge in [0.25, 0.3) is 0 Å². The fourth-order valence-corrected chi connectivity index (χ4v) is 3.97. The number of carbonyl (C=O) groups is 3. The molecule has 0 aromatic heterocycles. The van der Waals surface area contributed by atoms with E-state index in [9.17, 15) is 18.8 Å². The van der Waals surface area contributed by atoms with E-state index in [1.807, 2.05) is 20.8 Å². The molecule has 2 aliphatic rings. The highest BCUT2D eigenvalue weighted by Gasteiger charge is 2.49. The monoisotopic (exact) mass is 346 g/mol. The lowest BCUT2D eigenvalue weighted by molar-refractivity contribution is -0.151. The van der Waals surface area contributed by atoms with Gasteiger partial charge in [-0.2, -0.15) is 0 Å².